The molecule has 2 rings (SSSR count). The van der Waals surface area contributed by atoms with Crippen molar-refractivity contribution < 1.29 is 8.42 Å². The molecule has 2 aromatic rings. The van der Waals surface area contributed by atoms with Crippen LogP contribution < -0.4 is 0 Å². The lowest BCUT2D eigenvalue weighted by atomic mass is 10.4. The zero-order valence-corrected chi connectivity index (χ0v) is 13.8. The highest BCUT2D eigenvalue weighted by molar-refractivity contribution is 7.89. The van der Waals surface area contributed by atoms with Crippen LogP contribution in [0.3, 0.4) is 0 Å². The van der Waals surface area contributed by atoms with Gasteiger partial charge in [0.1, 0.15) is 4.90 Å². The van der Waals surface area contributed by atoms with Crippen molar-refractivity contribution in [2.45, 2.75) is 38.8 Å². The van der Waals surface area contributed by atoms with Gasteiger partial charge in [-0.1, -0.05) is 6.07 Å². The number of sulfonamides is 1. The lowest BCUT2D eigenvalue weighted by Gasteiger charge is -2.16. The third-order valence-electron chi connectivity index (χ3n) is 3.24. The molecule has 0 amide bonds. The van der Waals surface area contributed by atoms with Crippen LogP contribution in [0.15, 0.2) is 22.4 Å². The van der Waals surface area contributed by atoms with Crippen LogP contribution >= 0.6 is 11.3 Å². The average Bonchev–Trinajstić information content (AvgIpc) is 2.97. The largest absolute Gasteiger partial charge is 0.268 e. The lowest BCUT2D eigenvalue weighted by molar-refractivity contribution is 0.468. The molecule has 0 spiro atoms. The highest BCUT2D eigenvalue weighted by Gasteiger charge is 2.28. The standard InChI is InChI=1S/C13H19N3O2S2/c1-5-16-11(3)13(10(2)14-16)20(17,18)15(4)9-12-7-6-8-19-12/h6-8H,5,9H2,1-4H3. The Morgan fingerprint density at radius 2 is 2.10 bits per heavy atom. The van der Waals surface area contributed by atoms with E-state index < -0.39 is 10.0 Å². The molecule has 0 N–H and O–H groups in total. The number of thiophene rings is 1. The van der Waals surface area contributed by atoms with Gasteiger partial charge in [-0.3, -0.25) is 4.68 Å². The molecule has 0 aromatic carbocycles. The van der Waals surface area contributed by atoms with Gasteiger partial charge < -0.3 is 0 Å². The van der Waals surface area contributed by atoms with Crippen LogP contribution in [0.1, 0.15) is 23.2 Å². The van der Waals surface area contributed by atoms with E-state index in [-0.39, 0.29) is 0 Å². The summed E-state index contributed by atoms with van der Waals surface area (Å²) in [5.74, 6) is 0. The highest BCUT2D eigenvalue weighted by atomic mass is 32.2. The zero-order chi connectivity index (χ0) is 14.9. The Balaban J connectivity index is 2.37. The maximum absolute atomic E-state index is 12.7. The molecule has 0 aliphatic carbocycles. The molecule has 5 nitrogen and oxygen atoms in total. The molecule has 0 aliphatic heterocycles. The van der Waals surface area contributed by atoms with Crippen LogP contribution in [-0.2, 0) is 23.1 Å². The van der Waals surface area contributed by atoms with E-state index in [1.165, 1.54) is 4.31 Å². The van der Waals surface area contributed by atoms with Crippen molar-refractivity contribution in [3.8, 4) is 0 Å². The molecular formula is C13H19N3O2S2. The molecule has 20 heavy (non-hydrogen) atoms. The first kappa shape index (κ1) is 15.2. The predicted octanol–water partition coefficient (Wildman–Crippen LogP) is 2.40. The third kappa shape index (κ3) is 2.65. The van der Waals surface area contributed by atoms with E-state index in [1.54, 1.807) is 36.9 Å². The molecule has 0 saturated carbocycles. The van der Waals surface area contributed by atoms with Crippen LogP contribution in [0.2, 0.25) is 0 Å². The molecule has 2 heterocycles. The molecule has 0 fully saturated rings. The highest BCUT2D eigenvalue weighted by Crippen LogP contribution is 2.24. The monoisotopic (exact) mass is 313 g/mol. The van der Waals surface area contributed by atoms with Gasteiger partial charge in [0.25, 0.3) is 0 Å². The number of nitrogens with zero attached hydrogens (tertiary/aromatic N) is 3. The van der Waals surface area contributed by atoms with Crippen LogP contribution in [0, 0.1) is 13.8 Å². The van der Waals surface area contributed by atoms with Crippen molar-refractivity contribution in [2.24, 2.45) is 0 Å². The van der Waals surface area contributed by atoms with Gasteiger partial charge in [-0.05, 0) is 32.2 Å². The summed E-state index contributed by atoms with van der Waals surface area (Å²) in [6, 6.07) is 3.86. The summed E-state index contributed by atoms with van der Waals surface area (Å²) in [6.07, 6.45) is 0. The van der Waals surface area contributed by atoms with E-state index in [9.17, 15) is 8.42 Å². The van der Waals surface area contributed by atoms with Gasteiger partial charge in [0.15, 0.2) is 0 Å². The van der Waals surface area contributed by atoms with Gasteiger partial charge in [0.05, 0.1) is 11.4 Å². The van der Waals surface area contributed by atoms with Gasteiger partial charge in [-0.15, -0.1) is 11.3 Å². The molecule has 0 radical (unpaired) electrons. The first-order valence-corrected chi connectivity index (χ1v) is 8.72. The average molecular weight is 313 g/mol. The molecule has 0 saturated heterocycles. The lowest BCUT2D eigenvalue weighted by Crippen LogP contribution is -2.27. The van der Waals surface area contributed by atoms with E-state index in [1.807, 2.05) is 24.4 Å². The third-order valence-corrected chi connectivity index (χ3v) is 6.16. The van der Waals surface area contributed by atoms with Crippen molar-refractivity contribution in [1.82, 2.24) is 14.1 Å². The van der Waals surface area contributed by atoms with Crippen LogP contribution in [-0.4, -0.2) is 29.6 Å². The number of aryl methyl sites for hydroxylation is 2. The van der Waals surface area contributed by atoms with Crippen molar-refractivity contribution in [3.63, 3.8) is 0 Å². The zero-order valence-electron chi connectivity index (χ0n) is 12.1. The summed E-state index contributed by atoms with van der Waals surface area (Å²) < 4.78 is 28.5. The predicted molar refractivity (Wildman–Crippen MR) is 80.3 cm³/mol. The molecule has 110 valence electrons. The number of rotatable bonds is 5. The molecular weight excluding hydrogens is 294 g/mol. The van der Waals surface area contributed by atoms with Crippen molar-refractivity contribution in [3.05, 3.63) is 33.8 Å². The quantitative estimate of drug-likeness (QED) is 0.852. The Hall–Kier alpha value is -1.18. The smallest absolute Gasteiger partial charge is 0.246 e. The Morgan fingerprint density at radius 3 is 2.60 bits per heavy atom. The van der Waals surface area contributed by atoms with Crippen LogP contribution in [0.5, 0.6) is 0 Å². The summed E-state index contributed by atoms with van der Waals surface area (Å²) >= 11 is 1.55. The minimum absolute atomic E-state index is 0.332. The van der Waals surface area contributed by atoms with Gasteiger partial charge in [-0.25, -0.2) is 8.42 Å². The maximum atomic E-state index is 12.7. The molecule has 7 heteroatoms. The van der Waals surface area contributed by atoms with Gasteiger partial charge in [0, 0.05) is 25.0 Å². The molecule has 2 aromatic heterocycles. The number of aromatic nitrogens is 2. The molecule has 0 aliphatic rings. The Kier molecular flexibility index (Phi) is 4.31. The van der Waals surface area contributed by atoms with E-state index in [0.717, 1.165) is 4.88 Å². The maximum Gasteiger partial charge on any atom is 0.246 e. The Bertz CT molecular complexity index is 688. The van der Waals surface area contributed by atoms with Gasteiger partial charge >= 0.3 is 0 Å². The van der Waals surface area contributed by atoms with Crippen molar-refractivity contribution in [1.29, 1.82) is 0 Å². The number of hydrogen-bond acceptors (Lipinski definition) is 4. The van der Waals surface area contributed by atoms with E-state index >= 15 is 0 Å². The fourth-order valence-electron chi connectivity index (χ4n) is 2.22. The van der Waals surface area contributed by atoms with Gasteiger partial charge in [0.2, 0.25) is 10.0 Å². The first-order chi connectivity index (χ1) is 9.37. The van der Waals surface area contributed by atoms with Crippen LogP contribution in [0.4, 0.5) is 0 Å². The molecule has 0 unspecified atom stereocenters. The summed E-state index contributed by atoms with van der Waals surface area (Å²) in [4.78, 5) is 1.35. The summed E-state index contributed by atoms with van der Waals surface area (Å²) in [6.45, 7) is 6.54. The van der Waals surface area contributed by atoms with Crippen molar-refractivity contribution in [2.75, 3.05) is 7.05 Å². The van der Waals surface area contributed by atoms with Crippen molar-refractivity contribution >= 4 is 21.4 Å². The molecule has 0 atom stereocenters. The number of hydrogen-bond donors (Lipinski definition) is 0. The SMILES string of the molecule is CCn1nc(C)c(S(=O)(=O)N(C)Cc2cccs2)c1C. The second kappa shape index (κ2) is 5.67. The van der Waals surface area contributed by atoms with E-state index in [2.05, 4.69) is 5.10 Å². The molecule has 0 bridgehead atoms. The minimum atomic E-state index is -3.51. The normalized spacial score (nSPS) is 12.2. The van der Waals surface area contributed by atoms with E-state index in [4.69, 9.17) is 0 Å². The summed E-state index contributed by atoms with van der Waals surface area (Å²) in [5, 5.41) is 6.23. The Labute approximate surface area is 123 Å². The fourth-order valence-corrected chi connectivity index (χ4v) is 4.58. The second-order valence-corrected chi connectivity index (χ2v) is 7.67. The topological polar surface area (TPSA) is 55.2 Å². The van der Waals surface area contributed by atoms with E-state index in [0.29, 0.717) is 29.4 Å². The Morgan fingerprint density at radius 1 is 1.40 bits per heavy atom. The fraction of sp³-hybridized carbons (Fsp3) is 0.462. The summed E-state index contributed by atoms with van der Waals surface area (Å²) in [7, 11) is -1.90. The van der Waals surface area contributed by atoms with Crippen LogP contribution in [0.25, 0.3) is 0 Å². The second-order valence-electron chi connectivity index (χ2n) is 4.66. The summed E-state index contributed by atoms with van der Waals surface area (Å²) in [5.41, 5.74) is 1.26. The minimum Gasteiger partial charge on any atom is -0.268 e. The first-order valence-electron chi connectivity index (χ1n) is 6.40. The van der Waals surface area contributed by atoms with Gasteiger partial charge in [-0.2, -0.15) is 9.40 Å².